The zero-order valence-corrected chi connectivity index (χ0v) is 11.0. The molecule has 1 amide bonds. The summed E-state index contributed by atoms with van der Waals surface area (Å²) in [6.07, 6.45) is 1.78. The molecule has 5 nitrogen and oxygen atoms in total. The molecule has 0 radical (unpaired) electrons. The second-order valence-corrected chi connectivity index (χ2v) is 5.55. The second-order valence-electron chi connectivity index (χ2n) is 5.55. The molecule has 0 saturated heterocycles. The first-order valence-corrected chi connectivity index (χ1v) is 6.66. The molecule has 5 heteroatoms. The molecule has 2 aliphatic rings. The lowest BCUT2D eigenvalue weighted by atomic mass is 10.1. The van der Waals surface area contributed by atoms with Gasteiger partial charge in [-0.3, -0.25) is 4.79 Å². The molecule has 1 atom stereocenters. The number of carbonyl (C=O) groups is 1. The Labute approximate surface area is 112 Å². The van der Waals surface area contributed by atoms with Crippen LogP contribution in [-0.4, -0.2) is 24.1 Å². The van der Waals surface area contributed by atoms with Gasteiger partial charge in [-0.15, -0.1) is 0 Å². The first-order valence-electron chi connectivity index (χ1n) is 6.66. The predicted molar refractivity (Wildman–Crippen MR) is 73.0 cm³/mol. The smallest absolute Gasteiger partial charge is 0.265 e. The average Bonchev–Trinajstić information content (AvgIpc) is 3.09. The first kappa shape index (κ1) is 12.4. The quantitative estimate of drug-likeness (QED) is 0.755. The first-order chi connectivity index (χ1) is 9.06. The number of hydrogen-bond donors (Lipinski definition) is 3. The highest BCUT2D eigenvalue weighted by Gasteiger charge is 2.37. The van der Waals surface area contributed by atoms with Gasteiger partial charge in [0.2, 0.25) is 0 Å². The normalized spacial score (nSPS) is 23.3. The lowest BCUT2D eigenvalue weighted by molar-refractivity contribution is -0.122. The maximum Gasteiger partial charge on any atom is 0.265 e. The molecular weight excluding hydrogens is 242 g/mol. The highest BCUT2D eigenvalue weighted by molar-refractivity contribution is 5.97. The van der Waals surface area contributed by atoms with Crippen LogP contribution >= 0.6 is 0 Å². The zero-order chi connectivity index (χ0) is 13.5. The number of nitrogens with one attached hydrogen (secondary N) is 2. The van der Waals surface area contributed by atoms with E-state index in [1.807, 2.05) is 18.2 Å². The number of carbonyl (C=O) groups excluding carboxylic acids is 1. The predicted octanol–water partition coefficient (Wildman–Crippen LogP) is 0.987. The Kier molecular flexibility index (Phi) is 2.95. The van der Waals surface area contributed by atoms with Crippen molar-refractivity contribution in [3.63, 3.8) is 0 Å². The summed E-state index contributed by atoms with van der Waals surface area (Å²) < 4.78 is 5.52. The van der Waals surface area contributed by atoms with E-state index in [4.69, 9.17) is 10.5 Å². The third kappa shape index (κ3) is 2.72. The maximum atomic E-state index is 11.6. The van der Waals surface area contributed by atoms with Crippen molar-refractivity contribution in [2.24, 2.45) is 5.73 Å². The molecule has 0 aromatic heterocycles. The topological polar surface area (TPSA) is 76.4 Å². The van der Waals surface area contributed by atoms with E-state index in [1.165, 1.54) is 0 Å². The summed E-state index contributed by atoms with van der Waals surface area (Å²) in [6, 6.07) is 5.85. The summed E-state index contributed by atoms with van der Waals surface area (Å²) >= 11 is 0. The monoisotopic (exact) mass is 261 g/mol. The van der Waals surface area contributed by atoms with Gasteiger partial charge in [-0.05, 0) is 37.5 Å². The van der Waals surface area contributed by atoms with Crippen LogP contribution in [0.1, 0.15) is 25.3 Å². The van der Waals surface area contributed by atoms with E-state index >= 15 is 0 Å². The molecule has 19 heavy (non-hydrogen) atoms. The standard InChI is InChI=1S/C14H19N3O2/c1-9-13(18)17-11-6-10(2-3-12(11)19-9)7-16-8-14(15)4-5-14/h2-3,6,9,16H,4-5,7-8,15H2,1H3,(H,17,18). The zero-order valence-electron chi connectivity index (χ0n) is 11.0. The molecule has 1 aromatic carbocycles. The van der Waals surface area contributed by atoms with E-state index in [9.17, 15) is 4.79 Å². The maximum absolute atomic E-state index is 11.6. The molecule has 1 aromatic rings. The van der Waals surface area contributed by atoms with Crippen LogP contribution in [0.2, 0.25) is 0 Å². The molecule has 1 aliphatic heterocycles. The summed E-state index contributed by atoms with van der Waals surface area (Å²) in [5.74, 6) is 0.629. The minimum atomic E-state index is -0.427. The Morgan fingerprint density at radius 2 is 2.32 bits per heavy atom. The van der Waals surface area contributed by atoms with Crippen molar-refractivity contribution < 1.29 is 9.53 Å². The summed E-state index contributed by atoms with van der Waals surface area (Å²) in [5.41, 5.74) is 7.89. The van der Waals surface area contributed by atoms with E-state index in [-0.39, 0.29) is 11.4 Å². The molecular formula is C14H19N3O2. The highest BCUT2D eigenvalue weighted by Crippen LogP contribution is 2.32. The van der Waals surface area contributed by atoms with Gasteiger partial charge in [0.1, 0.15) is 5.75 Å². The second kappa shape index (κ2) is 4.51. The number of nitrogens with two attached hydrogens (primary N) is 1. The van der Waals surface area contributed by atoms with Gasteiger partial charge in [0.25, 0.3) is 5.91 Å². The fourth-order valence-electron chi connectivity index (χ4n) is 2.16. The van der Waals surface area contributed by atoms with Gasteiger partial charge >= 0.3 is 0 Å². The van der Waals surface area contributed by atoms with Crippen LogP contribution in [-0.2, 0) is 11.3 Å². The number of amides is 1. The number of hydrogen-bond acceptors (Lipinski definition) is 4. The molecule has 1 aliphatic carbocycles. The SMILES string of the molecule is CC1Oc2ccc(CNCC3(N)CC3)cc2NC1=O. The molecule has 1 heterocycles. The largest absolute Gasteiger partial charge is 0.479 e. The third-order valence-corrected chi connectivity index (χ3v) is 3.67. The van der Waals surface area contributed by atoms with Gasteiger partial charge < -0.3 is 21.1 Å². The van der Waals surface area contributed by atoms with Crippen LogP contribution in [0.5, 0.6) is 5.75 Å². The van der Waals surface area contributed by atoms with E-state index in [0.717, 1.165) is 42.9 Å². The van der Waals surface area contributed by atoms with Gasteiger partial charge in [0.15, 0.2) is 6.10 Å². The van der Waals surface area contributed by atoms with Crippen molar-refractivity contribution in [3.8, 4) is 5.75 Å². The van der Waals surface area contributed by atoms with Crippen LogP contribution in [0.15, 0.2) is 18.2 Å². The number of ether oxygens (including phenoxy) is 1. The molecule has 0 spiro atoms. The number of rotatable bonds is 4. The molecule has 1 unspecified atom stereocenters. The van der Waals surface area contributed by atoms with Crippen LogP contribution < -0.4 is 21.1 Å². The van der Waals surface area contributed by atoms with Crippen molar-refractivity contribution in [1.29, 1.82) is 0 Å². The summed E-state index contributed by atoms with van der Waals surface area (Å²) in [7, 11) is 0. The lowest BCUT2D eigenvalue weighted by Crippen LogP contribution is -2.36. The van der Waals surface area contributed by atoms with Gasteiger partial charge in [-0.25, -0.2) is 0 Å². The minimum absolute atomic E-state index is 0.0148. The summed E-state index contributed by atoms with van der Waals surface area (Å²) in [5, 5.41) is 6.21. The molecule has 102 valence electrons. The van der Waals surface area contributed by atoms with Gasteiger partial charge in [0.05, 0.1) is 5.69 Å². The van der Waals surface area contributed by atoms with Gasteiger partial charge in [-0.1, -0.05) is 6.07 Å². The highest BCUT2D eigenvalue weighted by atomic mass is 16.5. The van der Waals surface area contributed by atoms with Crippen LogP contribution in [0.4, 0.5) is 5.69 Å². The molecule has 4 N–H and O–H groups in total. The molecule has 1 saturated carbocycles. The van der Waals surface area contributed by atoms with E-state index in [0.29, 0.717) is 0 Å². The van der Waals surface area contributed by atoms with E-state index in [1.54, 1.807) is 6.92 Å². The Bertz CT molecular complexity index is 511. The van der Waals surface area contributed by atoms with E-state index < -0.39 is 6.10 Å². The number of anilines is 1. The Morgan fingerprint density at radius 3 is 3.05 bits per heavy atom. The van der Waals surface area contributed by atoms with Crippen LogP contribution in [0.3, 0.4) is 0 Å². The summed E-state index contributed by atoms with van der Waals surface area (Å²) in [4.78, 5) is 11.6. The number of fused-ring (bicyclic) bond motifs is 1. The molecule has 1 fully saturated rings. The lowest BCUT2D eigenvalue weighted by Gasteiger charge is -2.23. The fourth-order valence-corrected chi connectivity index (χ4v) is 2.16. The van der Waals surface area contributed by atoms with Crippen LogP contribution in [0, 0.1) is 0 Å². The Hall–Kier alpha value is -1.59. The van der Waals surface area contributed by atoms with Gasteiger partial charge in [0, 0.05) is 18.6 Å². The van der Waals surface area contributed by atoms with Crippen molar-refractivity contribution in [3.05, 3.63) is 23.8 Å². The van der Waals surface area contributed by atoms with Crippen LogP contribution in [0.25, 0.3) is 0 Å². The third-order valence-electron chi connectivity index (χ3n) is 3.67. The van der Waals surface area contributed by atoms with Crippen molar-refractivity contribution >= 4 is 11.6 Å². The van der Waals surface area contributed by atoms with Crippen molar-refractivity contribution in [2.75, 3.05) is 11.9 Å². The van der Waals surface area contributed by atoms with E-state index in [2.05, 4.69) is 10.6 Å². The van der Waals surface area contributed by atoms with Gasteiger partial charge in [-0.2, -0.15) is 0 Å². The summed E-state index contributed by atoms with van der Waals surface area (Å²) in [6.45, 7) is 3.33. The molecule has 3 rings (SSSR count). The minimum Gasteiger partial charge on any atom is -0.479 e. The van der Waals surface area contributed by atoms with Crippen molar-refractivity contribution in [1.82, 2.24) is 5.32 Å². The van der Waals surface area contributed by atoms with Crippen molar-refractivity contribution in [2.45, 2.75) is 38.0 Å². The average molecular weight is 261 g/mol. The molecule has 0 bridgehead atoms. The number of benzene rings is 1. The fraction of sp³-hybridized carbons (Fsp3) is 0.500. The Morgan fingerprint density at radius 1 is 1.53 bits per heavy atom. The Balaban J connectivity index is 1.64.